The van der Waals surface area contributed by atoms with Crippen molar-refractivity contribution in [3.8, 4) is 0 Å². The van der Waals surface area contributed by atoms with Gasteiger partial charge < -0.3 is 2.85 Å². The Balaban J connectivity index is -0.0000000312. The smallest absolute Gasteiger partial charge is 1.00 e. The molecule has 1 aromatic heterocycles. The fourth-order valence-electron chi connectivity index (χ4n) is 0.136. The first kappa shape index (κ1) is 11.4. The third-order valence-electron chi connectivity index (χ3n) is 0.283. The van der Waals surface area contributed by atoms with Crippen molar-refractivity contribution in [3.05, 3.63) is 11.6 Å². The van der Waals surface area contributed by atoms with Gasteiger partial charge in [-0.05, 0) is 11.5 Å². The minimum atomic E-state index is 0. The van der Waals surface area contributed by atoms with E-state index >= 15 is 0 Å². The zero-order valence-corrected chi connectivity index (χ0v) is 9.27. The van der Waals surface area contributed by atoms with Crippen LogP contribution in [-0.4, -0.2) is 9.59 Å². The molecule has 0 saturated heterocycles. The van der Waals surface area contributed by atoms with Crippen molar-refractivity contribution in [1.29, 1.82) is 0 Å². The monoisotopic (exact) mass is 134 g/mol. The van der Waals surface area contributed by atoms with E-state index < -0.39 is 0 Å². The van der Waals surface area contributed by atoms with Crippen LogP contribution < -0.4 is 59.1 Å². The van der Waals surface area contributed by atoms with Crippen molar-refractivity contribution in [3.63, 3.8) is 0 Å². The van der Waals surface area contributed by atoms with Crippen LogP contribution in [0.15, 0.2) is 11.6 Å². The Morgan fingerprint density at radius 1 is 1.43 bits per heavy atom. The van der Waals surface area contributed by atoms with E-state index in [-0.39, 0.29) is 62.0 Å². The molecule has 7 heavy (non-hydrogen) atoms. The van der Waals surface area contributed by atoms with Crippen LogP contribution in [0.5, 0.6) is 0 Å². The molecule has 30 valence electrons. The Bertz CT molecular complexity index is 77.0. The maximum atomic E-state index is 3.51. The summed E-state index contributed by atoms with van der Waals surface area (Å²) in [5, 5.41) is 5.31. The Morgan fingerprint density at radius 3 is 2.29 bits per heavy atom. The van der Waals surface area contributed by atoms with E-state index in [1.54, 1.807) is 6.20 Å². The molecule has 0 radical (unpaired) electrons. The first-order valence-electron chi connectivity index (χ1n) is 1.21. The molecule has 0 saturated carbocycles. The van der Waals surface area contributed by atoms with Crippen LogP contribution >= 0.6 is 11.5 Å². The van der Waals surface area contributed by atoms with E-state index in [2.05, 4.69) is 9.59 Å². The zero-order chi connectivity index (χ0) is 3.54. The predicted octanol–water partition coefficient (Wildman–Crippen LogP) is -5.23. The van der Waals surface area contributed by atoms with Crippen LogP contribution in [0.1, 0.15) is 2.85 Å². The maximum absolute atomic E-state index is 3.51. The predicted molar refractivity (Wildman–Crippen MR) is 22.1 cm³/mol. The van der Waals surface area contributed by atoms with E-state index in [9.17, 15) is 0 Å². The van der Waals surface area contributed by atoms with Crippen molar-refractivity contribution < 1.29 is 62.0 Å². The third kappa shape index (κ3) is 5.43. The Kier molecular flexibility index (Phi) is 12.3. The Labute approximate surface area is 93.4 Å². The fourth-order valence-corrected chi connectivity index (χ4v) is 0.408. The van der Waals surface area contributed by atoms with Crippen LogP contribution in [0.25, 0.3) is 0 Å². The molecular formula is C2H4N2Na2S. The van der Waals surface area contributed by atoms with Gasteiger partial charge >= 0.3 is 59.1 Å². The maximum Gasteiger partial charge on any atom is 1.00 e. The first-order chi connectivity index (χ1) is 2.50. The van der Waals surface area contributed by atoms with Gasteiger partial charge in [0.1, 0.15) is 0 Å². The van der Waals surface area contributed by atoms with Crippen LogP contribution in [0, 0.1) is 0 Å². The van der Waals surface area contributed by atoms with Gasteiger partial charge in [0, 0.05) is 5.38 Å². The molecule has 0 atom stereocenters. The third-order valence-corrected chi connectivity index (χ3v) is 0.715. The molecule has 1 heterocycles. The van der Waals surface area contributed by atoms with E-state index in [4.69, 9.17) is 0 Å². The number of rotatable bonds is 0. The van der Waals surface area contributed by atoms with Gasteiger partial charge in [-0.15, -0.1) is 5.10 Å². The average Bonchev–Trinajstić information content (AvgIpc) is 1.76. The molecule has 0 spiro atoms. The summed E-state index contributed by atoms with van der Waals surface area (Å²) in [6.45, 7) is 0. The average molecular weight is 134 g/mol. The summed E-state index contributed by atoms with van der Waals surface area (Å²) in [6, 6.07) is 0. The van der Waals surface area contributed by atoms with Crippen molar-refractivity contribution in [2.75, 3.05) is 0 Å². The van der Waals surface area contributed by atoms with E-state index in [0.29, 0.717) is 0 Å². The molecular weight excluding hydrogens is 130 g/mol. The van der Waals surface area contributed by atoms with Gasteiger partial charge in [-0.3, -0.25) is 0 Å². The largest absolute Gasteiger partial charge is 1.00 e. The Hall–Kier alpha value is 1.56. The fraction of sp³-hybridized carbons (Fsp3) is 0. The molecule has 0 aliphatic heterocycles. The number of aromatic nitrogens is 2. The molecule has 0 aromatic carbocycles. The summed E-state index contributed by atoms with van der Waals surface area (Å²) in [6.07, 6.45) is 1.66. The van der Waals surface area contributed by atoms with E-state index in [0.717, 1.165) is 0 Å². The summed E-state index contributed by atoms with van der Waals surface area (Å²) in [5.74, 6) is 0. The van der Waals surface area contributed by atoms with E-state index in [1.807, 2.05) is 5.38 Å². The second-order valence-corrected chi connectivity index (χ2v) is 1.23. The molecule has 0 N–H and O–H groups in total. The van der Waals surface area contributed by atoms with Crippen molar-refractivity contribution >= 4 is 11.5 Å². The van der Waals surface area contributed by atoms with Crippen LogP contribution in [0.2, 0.25) is 0 Å². The molecule has 5 heteroatoms. The minimum Gasteiger partial charge on any atom is -1.00 e. The summed E-state index contributed by atoms with van der Waals surface area (Å²) in [5.41, 5.74) is 0. The summed E-state index contributed by atoms with van der Waals surface area (Å²) < 4.78 is 3.51. The summed E-state index contributed by atoms with van der Waals surface area (Å²) in [7, 11) is 0. The normalized spacial score (nSPS) is 5.71. The topological polar surface area (TPSA) is 25.8 Å². The summed E-state index contributed by atoms with van der Waals surface area (Å²) >= 11 is 1.35. The van der Waals surface area contributed by atoms with Gasteiger partial charge in [-0.1, -0.05) is 4.49 Å². The van der Waals surface area contributed by atoms with Crippen molar-refractivity contribution in [1.82, 2.24) is 9.59 Å². The first-order valence-corrected chi connectivity index (χ1v) is 2.05. The van der Waals surface area contributed by atoms with Gasteiger partial charge in [-0.2, -0.15) is 0 Å². The molecule has 0 amide bonds. The standard InChI is InChI=1S/C2H2N2S.2Na.2H/c1-2-5-4-3-1;;;;/h1-2H;;;;/q;2*+1;2*-1. The number of nitrogens with zero attached hydrogens (tertiary/aromatic N) is 2. The molecule has 0 unspecified atom stereocenters. The van der Waals surface area contributed by atoms with Crippen molar-refractivity contribution in [2.45, 2.75) is 0 Å². The second kappa shape index (κ2) is 7.56. The van der Waals surface area contributed by atoms with Crippen LogP contribution in [0.4, 0.5) is 0 Å². The zero-order valence-electron chi connectivity index (χ0n) is 6.46. The molecule has 0 aliphatic rings. The molecule has 0 fully saturated rings. The minimum absolute atomic E-state index is 0. The van der Waals surface area contributed by atoms with E-state index in [1.165, 1.54) is 11.5 Å². The Morgan fingerprint density at radius 2 is 2.14 bits per heavy atom. The van der Waals surface area contributed by atoms with Gasteiger partial charge in [0.2, 0.25) is 0 Å². The summed E-state index contributed by atoms with van der Waals surface area (Å²) in [4.78, 5) is 0. The molecule has 0 bridgehead atoms. The number of hydrogen-bond acceptors (Lipinski definition) is 3. The van der Waals surface area contributed by atoms with Gasteiger partial charge in [0.15, 0.2) is 0 Å². The quantitative estimate of drug-likeness (QED) is 0.331. The van der Waals surface area contributed by atoms with Crippen LogP contribution in [-0.2, 0) is 0 Å². The molecule has 1 aromatic rings. The molecule has 0 aliphatic carbocycles. The van der Waals surface area contributed by atoms with Gasteiger partial charge in [-0.25, -0.2) is 0 Å². The molecule has 1 rings (SSSR count). The molecule has 2 nitrogen and oxygen atoms in total. The van der Waals surface area contributed by atoms with Crippen molar-refractivity contribution in [2.24, 2.45) is 0 Å². The van der Waals surface area contributed by atoms with Gasteiger partial charge in [0.25, 0.3) is 0 Å². The second-order valence-electron chi connectivity index (χ2n) is 0.588. The van der Waals surface area contributed by atoms with Crippen LogP contribution in [0.3, 0.4) is 0 Å². The number of hydrogen-bond donors (Lipinski definition) is 0. The van der Waals surface area contributed by atoms with Gasteiger partial charge in [0.05, 0.1) is 6.20 Å². The SMILES string of the molecule is [H-].[H-].[Na+].[Na+].c1csnn1.